The maximum Gasteiger partial charge on any atom is 0.133 e. The van der Waals surface area contributed by atoms with E-state index < -0.39 is 9.64 Å². The van der Waals surface area contributed by atoms with E-state index in [0.29, 0.717) is 6.61 Å². The average Bonchev–Trinajstić information content (AvgIpc) is 1.63. The summed E-state index contributed by atoms with van der Waals surface area (Å²) < 4.78 is 14.8. The van der Waals surface area contributed by atoms with Crippen molar-refractivity contribution >= 4 is 20.8 Å². The first-order chi connectivity index (χ1) is 4.13. The highest BCUT2D eigenvalue weighted by Gasteiger charge is 1.85. The second kappa shape index (κ2) is 4.90. The summed E-state index contributed by atoms with van der Waals surface area (Å²) in [5, 5.41) is 0. The van der Waals surface area contributed by atoms with Gasteiger partial charge in [-0.2, -0.15) is 0 Å². The molecule has 2 nitrogen and oxygen atoms in total. The monoisotopic (exact) mass is 166 g/mol. The molecule has 0 spiro atoms. The van der Waals surface area contributed by atoms with Gasteiger partial charge in [0.25, 0.3) is 0 Å². The second-order valence-electron chi connectivity index (χ2n) is 1.76. The van der Waals surface area contributed by atoms with Crippen LogP contribution in [0, 0.1) is 0 Å². The van der Waals surface area contributed by atoms with Crippen LogP contribution in [0.4, 0.5) is 0 Å². The fourth-order valence-electron chi connectivity index (χ4n) is 0.294. The van der Waals surface area contributed by atoms with Crippen molar-refractivity contribution in [2.75, 3.05) is 6.61 Å². The van der Waals surface area contributed by atoms with E-state index in [4.69, 9.17) is 0 Å². The van der Waals surface area contributed by atoms with E-state index in [1.54, 1.807) is 0 Å². The molecule has 0 aromatic carbocycles. The minimum absolute atomic E-state index is 0.425. The van der Waals surface area contributed by atoms with Crippen molar-refractivity contribution in [3.8, 4) is 0 Å². The summed E-state index contributed by atoms with van der Waals surface area (Å²) in [6, 6.07) is 0. The molecule has 0 aromatic heterocycles. The molecule has 9 heavy (non-hydrogen) atoms. The SMILES string of the molecule is C=C(C)CCO[SH](=O)=S. The number of rotatable bonds is 4. The van der Waals surface area contributed by atoms with Crippen LogP contribution in [-0.2, 0) is 25.0 Å². The standard InChI is InChI=1S/C5H10O2S2/c1-5(2)3-4-7-9(6)8/h9H,1,3-4H2,2H3. The molecule has 0 aliphatic rings. The highest BCUT2D eigenvalue weighted by atomic mass is 32.8. The van der Waals surface area contributed by atoms with Gasteiger partial charge >= 0.3 is 0 Å². The molecule has 0 bridgehead atoms. The lowest BCUT2D eigenvalue weighted by Crippen LogP contribution is -1.90. The zero-order valence-electron chi connectivity index (χ0n) is 5.29. The Hall–Kier alpha value is 0.0700. The topological polar surface area (TPSA) is 26.3 Å². The Morgan fingerprint density at radius 3 is 2.78 bits per heavy atom. The minimum Gasteiger partial charge on any atom is -0.292 e. The Balaban J connectivity index is 3.21. The molecule has 1 atom stereocenters. The van der Waals surface area contributed by atoms with Crippen molar-refractivity contribution < 1.29 is 8.39 Å². The normalized spacial score (nSPS) is 13.0. The lowest BCUT2D eigenvalue weighted by Gasteiger charge is -1.94. The summed E-state index contributed by atoms with van der Waals surface area (Å²) in [5.74, 6) is 0. The molecule has 0 aliphatic carbocycles. The van der Waals surface area contributed by atoms with Gasteiger partial charge in [0.1, 0.15) is 9.64 Å². The highest BCUT2D eigenvalue weighted by Crippen LogP contribution is 1.94. The quantitative estimate of drug-likeness (QED) is 0.495. The van der Waals surface area contributed by atoms with E-state index in [9.17, 15) is 4.21 Å². The van der Waals surface area contributed by atoms with Gasteiger partial charge in [-0.25, -0.2) is 4.21 Å². The van der Waals surface area contributed by atoms with E-state index >= 15 is 0 Å². The number of thiol groups is 1. The van der Waals surface area contributed by atoms with E-state index in [1.165, 1.54) is 0 Å². The van der Waals surface area contributed by atoms with Gasteiger partial charge in [-0.15, -0.1) is 6.58 Å². The number of hydrogen-bond donors (Lipinski definition) is 1. The van der Waals surface area contributed by atoms with Crippen molar-refractivity contribution in [1.82, 2.24) is 0 Å². The predicted molar refractivity (Wildman–Crippen MR) is 42.3 cm³/mol. The van der Waals surface area contributed by atoms with Crippen molar-refractivity contribution in [1.29, 1.82) is 0 Å². The van der Waals surface area contributed by atoms with Crippen molar-refractivity contribution in [2.45, 2.75) is 13.3 Å². The maximum absolute atomic E-state index is 10.1. The van der Waals surface area contributed by atoms with Crippen LogP contribution >= 0.6 is 0 Å². The summed E-state index contributed by atoms with van der Waals surface area (Å²) in [6.45, 7) is 5.96. The van der Waals surface area contributed by atoms with Crippen LogP contribution in [0.3, 0.4) is 0 Å². The molecule has 0 saturated heterocycles. The lowest BCUT2D eigenvalue weighted by atomic mass is 10.3. The molecule has 0 saturated carbocycles. The Morgan fingerprint density at radius 1 is 1.89 bits per heavy atom. The molecule has 0 aliphatic heterocycles. The van der Waals surface area contributed by atoms with Gasteiger partial charge in [-0.3, -0.25) is 4.18 Å². The third kappa shape index (κ3) is 8.07. The van der Waals surface area contributed by atoms with Gasteiger partial charge in [0, 0.05) is 11.2 Å². The first-order valence-electron chi connectivity index (χ1n) is 2.54. The second-order valence-corrected chi connectivity index (χ2v) is 3.36. The van der Waals surface area contributed by atoms with Gasteiger partial charge in [0.15, 0.2) is 0 Å². The van der Waals surface area contributed by atoms with E-state index in [1.807, 2.05) is 6.92 Å². The lowest BCUT2D eigenvalue weighted by molar-refractivity contribution is 0.362. The Bertz CT molecular complexity index is 152. The van der Waals surface area contributed by atoms with Gasteiger partial charge in [0.2, 0.25) is 0 Å². The van der Waals surface area contributed by atoms with Gasteiger partial charge in [0.05, 0.1) is 6.61 Å². The van der Waals surface area contributed by atoms with Crippen LogP contribution < -0.4 is 0 Å². The Kier molecular flexibility index (Phi) is 4.94. The predicted octanol–water partition coefficient (Wildman–Crippen LogP) is 0.827. The van der Waals surface area contributed by atoms with Gasteiger partial charge in [-0.05, 0) is 13.3 Å². The van der Waals surface area contributed by atoms with Crippen LogP contribution in [0.15, 0.2) is 12.2 Å². The van der Waals surface area contributed by atoms with E-state index in [0.717, 1.165) is 12.0 Å². The fourth-order valence-corrected chi connectivity index (χ4v) is 0.758. The largest absolute Gasteiger partial charge is 0.292 e. The Labute approximate surface area is 61.8 Å². The summed E-state index contributed by atoms with van der Waals surface area (Å²) >= 11 is 4.29. The highest BCUT2D eigenvalue weighted by molar-refractivity contribution is 8.19. The molecular formula is C5H10O2S2. The molecule has 4 heteroatoms. The smallest absolute Gasteiger partial charge is 0.133 e. The first-order valence-corrected chi connectivity index (χ1v) is 4.73. The van der Waals surface area contributed by atoms with Crippen LogP contribution in [0.25, 0.3) is 0 Å². The molecule has 0 heterocycles. The summed E-state index contributed by atoms with van der Waals surface area (Å²) in [6.07, 6.45) is 0.734. The zero-order valence-corrected chi connectivity index (χ0v) is 7.00. The van der Waals surface area contributed by atoms with E-state index in [2.05, 4.69) is 22.0 Å². The van der Waals surface area contributed by atoms with Crippen LogP contribution in [0.5, 0.6) is 0 Å². The van der Waals surface area contributed by atoms with Gasteiger partial charge < -0.3 is 0 Å². The minimum atomic E-state index is -1.84. The third-order valence-electron chi connectivity index (χ3n) is 0.726. The molecule has 0 aromatic rings. The maximum atomic E-state index is 10.1. The van der Waals surface area contributed by atoms with Crippen molar-refractivity contribution in [3.63, 3.8) is 0 Å². The third-order valence-corrected chi connectivity index (χ3v) is 1.44. The molecule has 0 radical (unpaired) electrons. The molecule has 0 N–H and O–H groups in total. The van der Waals surface area contributed by atoms with Crippen molar-refractivity contribution in [3.05, 3.63) is 12.2 Å². The summed E-state index contributed by atoms with van der Waals surface area (Å²) in [7, 11) is -1.84. The summed E-state index contributed by atoms with van der Waals surface area (Å²) in [4.78, 5) is 0. The molecule has 0 amide bonds. The molecular weight excluding hydrogens is 156 g/mol. The first kappa shape index (κ1) is 9.07. The van der Waals surface area contributed by atoms with Crippen LogP contribution in [-0.4, -0.2) is 10.8 Å². The molecule has 0 fully saturated rings. The van der Waals surface area contributed by atoms with Crippen LogP contribution in [0.1, 0.15) is 13.3 Å². The van der Waals surface area contributed by atoms with E-state index in [-0.39, 0.29) is 0 Å². The Morgan fingerprint density at radius 2 is 2.44 bits per heavy atom. The molecule has 0 rings (SSSR count). The zero-order chi connectivity index (χ0) is 7.28. The average molecular weight is 166 g/mol. The van der Waals surface area contributed by atoms with Crippen LogP contribution in [0.2, 0.25) is 0 Å². The fraction of sp³-hybridized carbons (Fsp3) is 0.600. The summed E-state index contributed by atoms with van der Waals surface area (Å²) in [5.41, 5.74) is 1.02. The van der Waals surface area contributed by atoms with Gasteiger partial charge in [-0.1, -0.05) is 5.57 Å². The molecule has 54 valence electrons. The number of hydrogen-bond acceptors (Lipinski definition) is 3. The molecule has 1 unspecified atom stereocenters. The van der Waals surface area contributed by atoms with Crippen molar-refractivity contribution in [2.24, 2.45) is 0 Å².